The predicted molar refractivity (Wildman–Crippen MR) is 195 cm³/mol. The van der Waals surface area contributed by atoms with Crippen molar-refractivity contribution in [2.45, 2.75) is 38.7 Å². The van der Waals surface area contributed by atoms with E-state index in [0.717, 1.165) is 22.2 Å². The number of benzene rings is 4. The molecule has 0 unspecified atom stereocenters. The zero-order chi connectivity index (χ0) is 36.6. The molecule has 3 aromatic heterocycles. The Kier molecular flexibility index (Phi) is 10.4. The van der Waals surface area contributed by atoms with E-state index in [2.05, 4.69) is 25.9 Å². The van der Waals surface area contributed by atoms with Crippen molar-refractivity contribution >= 4 is 28.6 Å². The van der Waals surface area contributed by atoms with Crippen LogP contribution in [-0.4, -0.2) is 65.4 Å². The third kappa shape index (κ3) is 8.53. The molecule has 53 heavy (non-hydrogen) atoms. The summed E-state index contributed by atoms with van der Waals surface area (Å²) in [5, 5.41) is 20.1. The smallest absolute Gasteiger partial charge is 0.328 e. The normalized spacial score (nSPS) is 11.6. The van der Waals surface area contributed by atoms with E-state index in [1.165, 1.54) is 7.11 Å². The number of ether oxygens (including phenoxy) is 2. The van der Waals surface area contributed by atoms with Crippen molar-refractivity contribution in [2.75, 3.05) is 7.11 Å². The summed E-state index contributed by atoms with van der Waals surface area (Å²) in [5.41, 5.74) is 5.28. The van der Waals surface area contributed by atoms with Gasteiger partial charge in [0.1, 0.15) is 29.8 Å². The molecule has 1 N–H and O–H groups in total. The van der Waals surface area contributed by atoms with Gasteiger partial charge in [0, 0.05) is 23.5 Å². The number of Topliss-reactive ketones (excluding diaryl/α,β-unsaturated/α-hetero) is 1. The fourth-order valence-electron chi connectivity index (χ4n) is 6.04. The summed E-state index contributed by atoms with van der Waals surface area (Å²) < 4.78 is 16.2. The summed E-state index contributed by atoms with van der Waals surface area (Å²) >= 11 is 0. The first-order chi connectivity index (χ1) is 25.9. The highest BCUT2D eigenvalue weighted by Gasteiger charge is 2.28. The van der Waals surface area contributed by atoms with Crippen molar-refractivity contribution in [3.63, 3.8) is 0 Å². The van der Waals surface area contributed by atoms with Crippen LogP contribution in [0.25, 0.3) is 10.9 Å². The molecule has 7 rings (SSSR count). The van der Waals surface area contributed by atoms with Crippen LogP contribution >= 0.6 is 0 Å². The minimum absolute atomic E-state index is 0.0974. The molecule has 266 valence electrons. The maximum Gasteiger partial charge on any atom is 0.328 e. The fourth-order valence-corrected chi connectivity index (χ4v) is 6.04. The highest BCUT2D eigenvalue weighted by molar-refractivity contribution is 6.45. The number of hydrogen-bond acceptors (Lipinski definition) is 9. The number of ketones is 1. The lowest BCUT2D eigenvalue weighted by Gasteiger charge is -2.16. The van der Waals surface area contributed by atoms with Crippen molar-refractivity contribution in [3.8, 4) is 5.75 Å². The maximum absolute atomic E-state index is 13.6. The molecule has 4 aromatic carbocycles. The standard InChI is InChI=1S/C40H36N8O5/c1-52-40(51)36(20-28-16-18-33(19-17-28)53-27-32-25-48(45-43-32)22-30-12-6-3-7-13-30)41-39(50)38(49)35-26-46(37-15-9-8-14-34(35)37)23-31-24-47(44-42-31)21-29-10-4-2-5-11-29/h2-19,24-26,36H,20-23,27H2,1H3,(H,41,50)/t36-/m1/s1. The molecule has 0 aliphatic heterocycles. The molecule has 0 radical (unpaired) electrons. The number of esters is 1. The van der Waals surface area contributed by atoms with Gasteiger partial charge in [0.2, 0.25) is 0 Å². The van der Waals surface area contributed by atoms with Crippen LogP contribution in [0, 0.1) is 0 Å². The molecule has 13 nitrogen and oxygen atoms in total. The van der Waals surface area contributed by atoms with Gasteiger partial charge in [0.15, 0.2) is 0 Å². The summed E-state index contributed by atoms with van der Waals surface area (Å²) in [6.45, 7) is 1.74. The number of aromatic nitrogens is 7. The second kappa shape index (κ2) is 16.0. The van der Waals surface area contributed by atoms with E-state index in [-0.39, 0.29) is 18.6 Å². The number of rotatable bonds is 15. The summed E-state index contributed by atoms with van der Waals surface area (Å²) in [4.78, 5) is 39.8. The Morgan fingerprint density at radius 1 is 0.679 bits per heavy atom. The molecule has 1 atom stereocenters. The first-order valence-electron chi connectivity index (χ1n) is 17.0. The van der Waals surface area contributed by atoms with Crippen molar-refractivity contribution in [3.05, 3.63) is 161 Å². The number of hydrogen-bond donors (Lipinski definition) is 1. The summed E-state index contributed by atoms with van der Waals surface area (Å²) in [5.74, 6) is -1.77. The zero-order valence-corrected chi connectivity index (χ0v) is 28.9. The van der Waals surface area contributed by atoms with Gasteiger partial charge < -0.3 is 19.4 Å². The van der Waals surface area contributed by atoms with Crippen molar-refractivity contribution in [2.24, 2.45) is 0 Å². The van der Waals surface area contributed by atoms with Crippen molar-refractivity contribution in [1.82, 2.24) is 39.9 Å². The number of fused-ring (bicyclic) bond motifs is 1. The topological polar surface area (TPSA) is 148 Å². The number of carbonyl (C=O) groups is 3. The van der Waals surface area contributed by atoms with Gasteiger partial charge in [-0.1, -0.05) is 101 Å². The molecule has 0 saturated heterocycles. The molecular formula is C40H36N8O5. The van der Waals surface area contributed by atoms with Crippen LogP contribution in [0.4, 0.5) is 0 Å². The number of para-hydroxylation sites is 1. The largest absolute Gasteiger partial charge is 0.487 e. The molecule has 1 amide bonds. The molecule has 7 aromatic rings. The van der Waals surface area contributed by atoms with Gasteiger partial charge in [-0.3, -0.25) is 9.59 Å². The van der Waals surface area contributed by atoms with Crippen LogP contribution in [0.5, 0.6) is 5.75 Å². The summed E-state index contributed by atoms with van der Waals surface area (Å²) in [6.07, 6.45) is 5.43. The van der Waals surface area contributed by atoms with Crippen LogP contribution in [0.2, 0.25) is 0 Å². The van der Waals surface area contributed by atoms with Gasteiger partial charge in [-0.05, 0) is 34.9 Å². The lowest BCUT2D eigenvalue weighted by atomic mass is 10.0. The first kappa shape index (κ1) is 34.6. The first-order valence-corrected chi connectivity index (χ1v) is 17.0. The third-order valence-electron chi connectivity index (χ3n) is 8.66. The van der Waals surface area contributed by atoms with E-state index < -0.39 is 23.7 Å². The summed E-state index contributed by atoms with van der Waals surface area (Å²) in [7, 11) is 1.24. The molecule has 0 aliphatic rings. The molecule has 3 heterocycles. The van der Waals surface area contributed by atoms with Gasteiger partial charge in [0.05, 0.1) is 44.7 Å². The Balaban J connectivity index is 0.979. The van der Waals surface area contributed by atoms with Crippen LogP contribution in [-0.2, 0) is 47.0 Å². The highest BCUT2D eigenvalue weighted by Crippen LogP contribution is 2.23. The van der Waals surface area contributed by atoms with Gasteiger partial charge in [-0.2, -0.15) is 0 Å². The minimum atomic E-state index is -1.10. The Hall–Kier alpha value is -6.89. The number of nitrogens with zero attached hydrogens (tertiary/aromatic N) is 7. The zero-order valence-electron chi connectivity index (χ0n) is 28.9. The lowest BCUT2D eigenvalue weighted by molar-refractivity contribution is -0.144. The highest BCUT2D eigenvalue weighted by atomic mass is 16.5. The maximum atomic E-state index is 13.6. The average Bonchev–Trinajstić information content (AvgIpc) is 3.93. The third-order valence-corrected chi connectivity index (χ3v) is 8.66. The summed E-state index contributed by atoms with van der Waals surface area (Å²) in [6, 6.07) is 33.2. The van der Waals surface area contributed by atoms with Crippen LogP contribution < -0.4 is 10.1 Å². The van der Waals surface area contributed by atoms with E-state index in [1.54, 1.807) is 52.0 Å². The number of carbonyl (C=O) groups excluding carboxylic acids is 3. The second-order valence-electron chi connectivity index (χ2n) is 12.5. The SMILES string of the molecule is COC(=O)[C@@H](Cc1ccc(OCc2cn(Cc3ccccc3)nn2)cc1)NC(=O)C(=O)c1cn(Cc2cn(Cc3ccccc3)nn2)c2ccccc12. The molecule has 0 aliphatic carbocycles. The lowest BCUT2D eigenvalue weighted by Crippen LogP contribution is -2.45. The average molecular weight is 709 g/mol. The van der Waals surface area contributed by atoms with E-state index >= 15 is 0 Å². The number of amides is 1. The van der Waals surface area contributed by atoms with E-state index in [0.29, 0.717) is 42.2 Å². The predicted octanol–water partition coefficient (Wildman–Crippen LogP) is 4.63. The Labute approximate surface area is 304 Å². The Morgan fingerprint density at radius 3 is 1.94 bits per heavy atom. The molecule has 0 saturated carbocycles. The van der Waals surface area contributed by atoms with Gasteiger partial charge >= 0.3 is 5.97 Å². The van der Waals surface area contributed by atoms with Crippen LogP contribution in [0.1, 0.15) is 38.4 Å². The molecule has 0 spiro atoms. The Morgan fingerprint density at radius 2 is 1.28 bits per heavy atom. The van der Waals surface area contributed by atoms with Crippen LogP contribution in [0.15, 0.2) is 128 Å². The minimum Gasteiger partial charge on any atom is -0.487 e. The van der Waals surface area contributed by atoms with Gasteiger partial charge in [0.25, 0.3) is 11.7 Å². The second-order valence-corrected chi connectivity index (χ2v) is 12.5. The van der Waals surface area contributed by atoms with E-state index in [4.69, 9.17) is 9.47 Å². The van der Waals surface area contributed by atoms with Crippen molar-refractivity contribution < 1.29 is 23.9 Å². The fraction of sp³-hybridized carbons (Fsp3) is 0.175. The van der Waals surface area contributed by atoms with Crippen LogP contribution in [0.3, 0.4) is 0 Å². The van der Waals surface area contributed by atoms with E-state index in [9.17, 15) is 14.4 Å². The van der Waals surface area contributed by atoms with Crippen molar-refractivity contribution in [1.29, 1.82) is 0 Å². The Bertz CT molecular complexity index is 2330. The monoisotopic (exact) mass is 708 g/mol. The van der Waals surface area contributed by atoms with Gasteiger partial charge in [-0.15, -0.1) is 10.2 Å². The molecular weight excluding hydrogens is 672 g/mol. The number of nitrogens with one attached hydrogen (secondary N) is 1. The van der Waals surface area contributed by atoms with E-state index in [1.807, 2.05) is 89.8 Å². The molecule has 13 heteroatoms. The number of methoxy groups -OCH3 is 1. The quantitative estimate of drug-likeness (QED) is 0.0915. The molecule has 0 fully saturated rings. The van der Waals surface area contributed by atoms with Gasteiger partial charge in [-0.25, -0.2) is 14.2 Å². The molecule has 0 bridgehead atoms.